The summed E-state index contributed by atoms with van der Waals surface area (Å²) >= 11 is 3.77. The Morgan fingerprint density at radius 1 is 1.21 bits per heavy atom. The van der Waals surface area contributed by atoms with E-state index in [-0.39, 0.29) is 5.60 Å². The van der Waals surface area contributed by atoms with Crippen LogP contribution in [0.15, 0.2) is 0 Å². The SMILES string of the molecule is CCSC(C#CC(C)(C)OC)SCC. The molecule has 0 saturated carbocycles. The maximum absolute atomic E-state index is 5.25. The molecule has 0 radical (unpaired) electrons. The Labute approximate surface area is 96.7 Å². The van der Waals surface area contributed by atoms with Crippen molar-refractivity contribution >= 4 is 23.5 Å². The first-order chi connectivity index (χ1) is 6.55. The summed E-state index contributed by atoms with van der Waals surface area (Å²) in [4.78, 5) is 0. The van der Waals surface area contributed by atoms with Gasteiger partial charge in [-0.15, -0.1) is 23.5 Å². The predicted octanol–water partition coefficient (Wildman–Crippen LogP) is 3.25. The summed E-state index contributed by atoms with van der Waals surface area (Å²) in [5.74, 6) is 8.65. The molecule has 0 spiro atoms. The van der Waals surface area contributed by atoms with Gasteiger partial charge in [0.15, 0.2) is 0 Å². The Hall–Kier alpha value is 0.220. The minimum atomic E-state index is -0.319. The first-order valence-electron chi connectivity index (χ1n) is 4.86. The van der Waals surface area contributed by atoms with Crippen molar-refractivity contribution in [1.29, 1.82) is 0 Å². The second-order valence-electron chi connectivity index (χ2n) is 3.23. The van der Waals surface area contributed by atoms with E-state index in [0.29, 0.717) is 4.58 Å². The monoisotopic (exact) mass is 232 g/mol. The first kappa shape index (κ1) is 14.2. The normalized spacial score (nSPS) is 11.3. The number of hydrogen-bond donors (Lipinski definition) is 0. The highest BCUT2D eigenvalue weighted by Crippen LogP contribution is 2.22. The van der Waals surface area contributed by atoms with Gasteiger partial charge in [0.2, 0.25) is 0 Å². The third-order valence-electron chi connectivity index (χ3n) is 1.64. The van der Waals surface area contributed by atoms with E-state index in [9.17, 15) is 0 Å². The highest BCUT2D eigenvalue weighted by Gasteiger charge is 2.12. The van der Waals surface area contributed by atoms with Gasteiger partial charge in [-0.3, -0.25) is 0 Å². The first-order valence-corrected chi connectivity index (χ1v) is 6.96. The summed E-state index contributed by atoms with van der Waals surface area (Å²) in [5, 5.41) is 0. The van der Waals surface area contributed by atoms with E-state index >= 15 is 0 Å². The Kier molecular flexibility index (Phi) is 7.62. The highest BCUT2D eigenvalue weighted by atomic mass is 32.2. The zero-order valence-corrected chi connectivity index (χ0v) is 11.3. The minimum Gasteiger partial charge on any atom is -0.366 e. The van der Waals surface area contributed by atoms with Crippen LogP contribution in [0.3, 0.4) is 0 Å². The van der Waals surface area contributed by atoms with Crippen LogP contribution in [0.25, 0.3) is 0 Å². The van der Waals surface area contributed by atoms with Crippen molar-refractivity contribution in [3.63, 3.8) is 0 Å². The van der Waals surface area contributed by atoms with E-state index in [4.69, 9.17) is 4.74 Å². The van der Waals surface area contributed by atoms with Gasteiger partial charge in [-0.2, -0.15) is 0 Å². The molecule has 0 aliphatic carbocycles. The topological polar surface area (TPSA) is 9.23 Å². The van der Waals surface area contributed by atoms with Crippen molar-refractivity contribution in [3.05, 3.63) is 0 Å². The van der Waals surface area contributed by atoms with Gasteiger partial charge in [-0.05, 0) is 25.4 Å². The zero-order valence-electron chi connectivity index (χ0n) is 9.72. The van der Waals surface area contributed by atoms with Crippen LogP contribution in [0.5, 0.6) is 0 Å². The summed E-state index contributed by atoms with van der Waals surface area (Å²) in [6.45, 7) is 8.31. The van der Waals surface area contributed by atoms with Crippen LogP contribution < -0.4 is 0 Å². The summed E-state index contributed by atoms with van der Waals surface area (Å²) in [5.41, 5.74) is -0.319. The standard InChI is InChI=1S/C11H20OS2/c1-6-13-10(14-7-2)8-9-11(3,4)12-5/h10H,6-7H2,1-5H3. The predicted molar refractivity (Wildman–Crippen MR) is 68.9 cm³/mol. The summed E-state index contributed by atoms with van der Waals surface area (Å²) in [6.07, 6.45) is 0. The molecule has 14 heavy (non-hydrogen) atoms. The lowest BCUT2D eigenvalue weighted by Gasteiger charge is -2.15. The molecule has 0 atom stereocenters. The van der Waals surface area contributed by atoms with Crippen molar-refractivity contribution in [2.45, 2.75) is 37.9 Å². The molecule has 0 aliphatic heterocycles. The van der Waals surface area contributed by atoms with Crippen LogP contribution >= 0.6 is 23.5 Å². The quantitative estimate of drug-likeness (QED) is 0.532. The summed E-state index contributed by atoms with van der Waals surface area (Å²) in [7, 11) is 1.70. The molecule has 0 aromatic rings. The lowest BCUT2D eigenvalue weighted by Crippen LogP contribution is -2.19. The molecule has 1 nitrogen and oxygen atoms in total. The van der Waals surface area contributed by atoms with Gasteiger partial charge in [0.25, 0.3) is 0 Å². The van der Waals surface area contributed by atoms with Gasteiger partial charge in [0.05, 0.1) is 0 Å². The van der Waals surface area contributed by atoms with Crippen LogP contribution in [-0.4, -0.2) is 28.8 Å². The van der Waals surface area contributed by atoms with Crippen LogP contribution in [0.1, 0.15) is 27.7 Å². The molecule has 3 heteroatoms. The number of thioether (sulfide) groups is 2. The molecule has 82 valence electrons. The summed E-state index contributed by atoms with van der Waals surface area (Å²) < 4.78 is 5.64. The lowest BCUT2D eigenvalue weighted by atomic mass is 10.1. The molecular formula is C11H20OS2. The number of methoxy groups -OCH3 is 1. The smallest absolute Gasteiger partial charge is 0.122 e. The third kappa shape index (κ3) is 6.64. The lowest BCUT2D eigenvalue weighted by molar-refractivity contribution is 0.0741. The fourth-order valence-corrected chi connectivity index (χ4v) is 2.81. The van der Waals surface area contributed by atoms with Crippen molar-refractivity contribution in [2.75, 3.05) is 18.6 Å². The van der Waals surface area contributed by atoms with Gasteiger partial charge in [-0.25, -0.2) is 0 Å². The molecule has 0 aromatic heterocycles. The fraction of sp³-hybridized carbons (Fsp3) is 0.818. The van der Waals surface area contributed by atoms with Crippen molar-refractivity contribution in [3.8, 4) is 11.8 Å². The fourth-order valence-electron chi connectivity index (χ4n) is 0.718. The van der Waals surface area contributed by atoms with Crippen molar-refractivity contribution in [2.24, 2.45) is 0 Å². The van der Waals surface area contributed by atoms with Crippen LogP contribution in [0, 0.1) is 11.8 Å². The maximum Gasteiger partial charge on any atom is 0.122 e. The van der Waals surface area contributed by atoms with Gasteiger partial charge in [0.1, 0.15) is 10.2 Å². The molecule has 0 aliphatic rings. The molecule has 0 aromatic carbocycles. The van der Waals surface area contributed by atoms with E-state index in [1.807, 2.05) is 37.4 Å². The van der Waals surface area contributed by atoms with Crippen LogP contribution in [0.4, 0.5) is 0 Å². The van der Waals surface area contributed by atoms with E-state index in [2.05, 4.69) is 25.7 Å². The molecule has 0 rings (SSSR count). The maximum atomic E-state index is 5.25. The Balaban J connectivity index is 4.25. The third-order valence-corrected chi connectivity index (χ3v) is 3.96. The van der Waals surface area contributed by atoms with E-state index < -0.39 is 0 Å². The average Bonchev–Trinajstić information content (AvgIpc) is 2.15. The number of ether oxygens (including phenoxy) is 1. The van der Waals surface area contributed by atoms with E-state index in [0.717, 1.165) is 11.5 Å². The highest BCUT2D eigenvalue weighted by molar-refractivity contribution is 8.17. The van der Waals surface area contributed by atoms with Crippen molar-refractivity contribution < 1.29 is 4.74 Å². The van der Waals surface area contributed by atoms with E-state index in [1.165, 1.54) is 0 Å². The number of hydrogen-bond acceptors (Lipinski definition) is 3. The molecule has 0 saturated heterocycles. The molecular weight excluding hydrogens is 212 g/mol. The zero-order chi connectivity index (χ0) is 11.0. The number of rotatable bonds is 5. The summed E-state index contributed by atoms with van der Waals surface area (Å²) in [6, 6.07) is 0. The van der Waals surface area contributed by atoms with Gasteiger partial charge < -0.3 is 4.74 Å². The van der Waals surface area contributed by atoms with Gasteiger partial charge >= 0.3 is 0 Å². The van der Waals surface area contributed by atoms with E-state index in [1.54, 1.807) is 7.11 Å². The Morgan fingerprint density at radius 3 is 2.07 bits per heavy atom. The van der Waals surface area contributed by atoms with Crippen LogP contribution in [0.2, 0.25) is 0 Å². The van der Waals surface area contributed by atoms with Gasteiger partial charge in [-0.1, -0.05) is 25.7 Å². The molecule has 0 fully saturated rings. The minimum absolute atomic E-state index is 0.319. The average molecular weight is 232 g/mol. The molecule has 0 bridgehead atoms. The molecule has 0 heterocycles. The van der Waals surface area contributed by atoms with Crippen LogP contribution in [-0.2, 0) is 4.74 Å². The largest absolute Gasteiger partial charge is 0.366 e. The van der Waals surface area contributed by atoms with Gasteiger partial charge in [0, 0.05) is 7.11 Å². The molecule has 0 amide bonds. The Morgan fingerprint density at radius 2 is 1.71 bits per heavy atom. The molecule has 0 N–H and O–H groups in total. The second-order valence-corrected chi connectivity index (χ2v) is 6.29. The molecule has 0 unspecified atom stereocenters. The second kappa shape index (κ2) is 7.50. The Bertz CT molecular complexity index is 197. The van der Waals surface area contributed by atoms with Crippen molar-refractivity contribution in [1.82, 2.24) is 0 Å².